The third-order valence-corrected chi connectivity index (χ3v) is 3.27. The van der Waals surface area contributed by atoms with E-state index in [0.29, 0.717) is 17.1 Å². The molecule has 0 spiro atoms. The first-order chi connectivity index (χ1) is 9.70. The second-order valence-electron chi connectivity index (χ2n) is 4.31. The molecule has 2 aromatic rings. The summed E-state index contributed by atoms with van der Waals surface area (Å²) in [6.07, 6.45) is 1.00. The fourth-order valence-corrected chi connectivity index (χ4v) is 2.11. The quantitative estimate of drug-likeness (QED) is 0.795. The number of anilines is 1. The minimum atomic E-state index is -0.308. The second-order valence-corrected chi connectivity index (χ2v) is 5.23. The lowest BCUT2D eigenvalue weighted by atomic mass is 10.1. The molecule has 20 heavy (non-hydrogen) atoms. The van der Waals surface area contributed by atoms with Crippen LogP contribution in [0.5, 0.6) is 0 Å². The number of benzene rings is 1. The fraction of sp³-hybridized carbons (Fsp3) is 0.286. The highest BCUT2D eigenvalue weighted by Crippen LogP contribution is 2.24. The molecule has 106 valence electrons. The van der Waals surface area contributed by atoms with E-state index < -0.39 is 0 Å². The van der Waals surface area contributed by atoms with E-state index in [0.717, 1.165) is 24.0 Å². The van der Waals surface area contributed by atoms with Crippen LogP contribution in [0.4, 0.5) is 10.2 Å². The van der Waals surface area contributed by atoms with E-state index in [1.54, 1.807) is 18.2 Å². The molecule has 1 aromatic carbocycles. The van der Waals surface area contributed by atoms with Crippen molar-refractivity contribution in [2.24, 2.45) is 0 Å². The number of hydrogen-bond donors (Lipinski definition) is 2. The zero-order valence-electron chi connectivity index (χ0n) is 11.2. The average molecular weight is 339 g/mol. The first-order valence-electron chi connectivity index (χ1n) is 6.38. The Kier molecular flexibility index (Phi) is 5.43. The molecule has 0 radical (unpaired) electrons. The van der Waals surface area contributed by atoms with Crippen LogP contribution in [-0.4, -0.2) is 30.3 Å². The van der Waals surface area contributed by atoms with Crippen LogP contribution in [0.25, 0.3) is 11.3 Å². The first-order valence-corrected chi connectivity index (χ1v) is 7.17. The minimum absolute atomic E-state index is 0.308. The van der Waals surface area contributed by atoms with Crippen molar-refractivity contribution in [1.82, 2.24) is 15.5 Å². The first kappa shape index (κ1) is 14.9. The number of hydrogen-bond acceptors (Lipinski definition) is 4. The van der Waals surface area contributed by atoms with Crippen LogP contribution >= 0.6 is 15.9 Å². The van der Waals surface area contributed by atoms with Crippen molar-refractivity contribution in [2.75, 3.05) is 25.5 Å². The zero-order chi connectivity index (χ0) is 14.4. The SMILES string of the molecule is CNCCCNc1ccc(-c2cc(Br)ccc2F)nn1. The van der Waals surface area contributed by atoms with Crippen LogP contribution in [-0.2, 0) is 0 Å². The molecule has 0 unspecified atom stereocenters. The normalized spacial score (nSPS) is 10.6. The summed E-state index contributed by atoms with van der Waals surface area (Å²) in [5, 5.41) is 14.4. The monoisotopic (exact) mass is 338 g/mol. The average Bonchev–Trinajstić information content (AvgIpc) is 2.47. The van der Waals surface area contributed by atoms with Crippen LogP contribution in [0.2, 0.25) is 0 Å². The number of rotatable bonds is 6. The van der Waals surface area contributed by atoms with Gasteiger partial charge in [-0.1, -0.05) is 15.9 Å². The van der Waals surface area contributed by atoms with Crippen LogP contribution in [0.15, 0.2) is 34.8 Å². The molecule has 0 bridgehead atoms. The molecular formula is C14H16BrFN4. The van der Waals surface area contributed by atoms with Gasteiger partial charge >= 0.3 is 0 Å². The highest BCUT2D eigenvalue weighted by atomic mass is 79.9. The summed E-state index contributed by atoms with van der Waals surface area (Å²) in [6, 6.07) is 8.33. The molecule has 0 aliphatic heterocycles. The topological polar surface area (TPSA) is 49.8 Å². The molecule has 0 saturated carbocycles. The van der Waals surface area contributed by atoms with Crippen molar-refractivity contribution in [3.63, 3.8) is 0 Å². The maximum atomic E-state index is 13.7. The van der Waals surface area contributed by atoms with Crippen molar-refractivity contribution >= 4 is 21.7 Å². The molecule has 2 rings (SSSR count). The van der Waals surface area contributed by atoms with E-state index in [2.05, 4.69) is 36.8 Å². The Morgan fingerprint density at radius 3 is 2.70 bits per heavy atom. The van der Waals surface area contributed by atoms with Crippen molar-refractivity contribution in [2.45, 2.75) is 6.42 Å². The summed E-state index contributed by atoms with van der Waals surface area (Å²) in [6.45, 7) is 1.77. The summed E-state index contributed by atoms with van der Waals surface area (Å²) < 4.78 is 14.5. The molecule has 6 heteroatoms. The standard InChI is InChI=1S/C14H16BrFN4/c1-17-7-2-8-18-14-6-5-13(19-20-14)11-9-10(15)3-4-12(11)16/h3-6,9,17H,2,7-8H2,1H3,(H,18,20). The Bertz CT molecular complexity index is 560. The fourth-order valence-electron chi connectivity index (χ4n) is 1.75. The number of nitrogens with zero attached hydrogens (tertiary/aromatic N) is 2. The smallest absolute Gasteiger partial charge is 0.148 e. The maximum Gasteiger partial charge on any atom is 0.148 e. The molecule has 4 nitrogen and oxygen atoms in total. The molecule has 0 fully saturated rings. The highest BCUT2D eigenvalue weighted by molar-refractivity contribution is 9.10. The van der Waals surface area contributed by atoms with Gasteiger partial charge in [0.25, 0.3) is 0 Å². The summed E-state index contributed by atoms with van der Waals surface area (Å²) in [5.41, 5.74) is 0.957. The van der Waals surface area contributed by atoms with Gasteiger partial charge < -0.3 is 10.6 Å². The van der Waals surface area contributed by atoms with E-state index >= 15 is 0 Å². The van der Waals surface area contributed by atoms with Gasteiger partial charge in [-0.15, -0.1) is 10.2 Å². The summed E-state index contributed by atoms with van der Waals surface area (Å²) >= 11 is 3.32. The van der Waals surface area contributed by atoms with E-state index in [1.165, 1.54) is 6.07 Å². The molecule has 0 atom stereocenters. The van der Waals surface area contributed by atoms with Crippen molar-refractivity contribution in [3.8, 4) is 11.3 Å². The third kappa shape index (κ3) is 3.98. The van der Waals surface area contributed by atoms with Crippen LogP contribution in [0, 0.1) is 5.82 Å². The Hall–Kier alpha value is -1.53. The number of aromatic nitrogens is 2. The molecule has 2 N–H and O–H groups in total. The second kappa shape index (κ2) is 7.31. The van der Waals surface area contributed by atoms with Gasteiger partial charge in [-0.2, -0.15) is 0 Å². The minimum Gasteiger partial charge on any atom is -0.369 e. The highest BCUT2D eigenvalue weighted by Gasteiger charge is 2.07. The third-order valence-electron chi connectivity index (χ3n) is 2.78. The molecule has 0 amide bonds. The molecule has 1 heterocycles. The summed E-state index contributed by atoms with van der Waals surface area (Å²) in [5.74, 6) is 0.387. The summed E-state index contributed by atoms with van der Waals surface area (Å²) in [4.78, 5) is 0. The van der Waals surface area contributed by atoms with Gasteiger partial charge in [0, 0.05) is 16.6 Å². The van der Waals surface area contributed by atoms with Gasteiger partial charge in [0.2, 0.25) is 0 Å². The van der Waals surface area contributed by atoms with Crippen molar-refractivity contribution < 1.29 is 4.39 Å². The van der Waals surface area contributed by atoms with Gasteiger partial charge in [-0.05, 0) is 50.3 Å². The molecular weight excluding hydrogens is 323 g/mol. The van der Waals surface area contributed by atoms with Gasteiger partial charge in [0.15, 0.2) is 0 Å². The van der Waals surface area contributed by atoms with Gasteiger partial charge in [-0.25, -0.2) is 4.39 Å². The van der Waals surface area contributed by atoms with E-state index in [1.807, 2.05) is 13.1 Å². The number of halogens is 2. The largest absolute Gasteiger partial charge is 0.369 e. The molecule has 0 aliphatic rings. The molecule has 0 saturated heterocycles. The van der Waals surface area contributed by atoms with Crippen molar-refractivity contribution in [3.05, 3.63) is 40.6 Å². The van der Waals surface area contributed by atoms with Gasteiger partial charge in [0.1, 0.15) is 11.6 Å². The van der Waals surface area contributed by atoms with Gasteiger partial charge in [0.05, 0.1) is 5.69 Å². The van der Waals surface area contributed by atoms with Crippen molar-refractivity contribution in [1.29, 1.82) is 0 Å². The lowest BCUT2D eigenvalue weighted by Crippen LogP contribution is -2.13. The number of nitrogens with one attached hydrogen (secondary N) is 2. The Balaban J connectivity index is 2.06. The van der Waals surface area contributed by atoms with Gasteiger partial charge in [-0.3, -0.25) is 0 Å². The zero-order valence-corrected chi connectivity index (χ0v) is 12.7. The van der Waals surface area contributed by atoms with E-state index in [4.69, 9.17) is 0 Å². The lowest BCUT2D eigenvalue weighted by Gasteiger charge is -2.06. The molecule has 0 aliphatic carbocycles. The Morgan fingerprint density at radius 2 is 2.00 bits per heavy atom. The van der Waals surface area contributed by atoms with Crippen LogP contribution in [0.1, 0.15) is 6.42 Å². The van der Waals surface area contributed by atoms with Crippen LogP contribution < -0.4 is 10.6 Å². The van der Waals surface area contributed by atoms with Crippen LogP contribution in [0.3, 0.4) is 0 Å². The maximum absolute atomic E-state index is 13.7. The lowest BCUT2D eigenvalue weighted by molar-refractivity contribution is 0.630. The summed E-state index contributed by atoms with van der Waals surface area (Å²) in [7, 11) is 1.92. The molecule has 1 aromatic heterocycles. The predicted octanol–water partition coefficient (Wildman–Crippen LogP) is 3.07. The Labute approximate surface area is 125 Å². The van der Waals surface area contributed by atoms with E-state index in [9.17, 15) is 4.39 Å². The Morgan fingerprint density at radius 1 is 1.15 bits per heavy atom. The predicted molar refractivity (Wildman–Crippen MR) is 82.2 cm³/mol. The van der Waals surface area contributed by atoms with E-state index in [-0.39, 0.29) is 5.82 Å².